The van der Waals surface area contributed by atoms with Crippen LogP contribution in [0.5, 0.6) is 0 Å². The SMILES string of the molecule is CCc1ccc(C(C)(F)C(=O)OC)cc1. The first-order valence-corrected chi connectivity index (χ1v) is 4.89. The fourth-order valence-corrected chi connectivity index (χ4v) is 1.36. The van der Waals surface area contributed by atoms with Gasteiger partial charge in [0.15, 0.2) is 0 Å². The predicted molar refractivity (Wildman–Crippen MR) is 56.3 cm³/mol. The molecule has 0 aliphatic heterocycles. The van der Waals surface area contributed by atoms with Crippen molar-refractivity contribution in [3.8, 4) is 0 Å². The van der Waals surface area contributed by atoms with Crippen molar-refractivity contribution in [3.63, 3.8) is 0 Å². The Bertz CT molecular complexity index is 341. The van der Waals surface area contributed by atoms with Gasteiger partial charge in [0.05, 0.1) is 7.11 Å². The van der Waals surface area contributed by atoms with E-state index in [1.807, 2.05) is 19.1 Å². The number of hydrogen-bond donors (Lipinski definition) is 0. The summed E-state index contributed by atoms with van der Waals surface area (Å²) in [5.41, 5.74) is -0.632. The maximum atomic E-state index is 14.0. The van der Waals surface area contributed by atoms with Crippen LogP contribution in [0, 0.1) is 0 Å². The summed E-state index contributed by atoms with van der Waals surface area (Å²) in [7, 11) is 1.18. The number of hydrogen-bond acceptors (Lipinski definition) is 2. The Balaban J connectivity index is 3.00. The van der Waals surface area contributed by atoms with Gasteiger partial charge < -0.3 is 4.74 Å². The lowest BCUT2D eigenvalue weighted by Crippen LogP contribution is -2.28. The Kier molecular flexibility index (Phi) is 3.45. The van der Waals surface area contributed by atoms with Gasteiger partial charge in [-0.15, -0.1) is 0 Å². The van der Waals surface area contributed by atoms with Crippen LogP contribution in [0.25, 0.3) is 0 Å². The second kappa shape index (κ2) is 4.43. The zero-order valence-corrected chi connectivity index (χ0v) is 9.21. The molecule has 0 amide bonds. The van der Waals surface area contributed by atoms with E-state index < -0.39 is 11.6 Å². The molecule has 0 bridgehead atoms. The molecule has 1 aromatic carbocycles. The molecule has 1 unspecified atom stereocenters. The van der Waals surface area contributed by atoms with Crippen LogP contribution in [0.1, 0.15) is 25.0 Å². The highest BCUT2D eigenvalue weighted by atomic mass is 19.1. The predicted octanol–water partition coefficient (Wildman–Crippen LogP) is 2.61. The molecule has 0 N–H and O–H groups in total. The molecule has 0 radical (unpaired) electrons. The molecule has 0 aliphatic rings. The Labute approximate surface area is 89.1 Å². The van der Waals surface area contributed by atoms with Gasteiger partial charge in [0.2, 0.25) is 5.67 Å². The molecule has 2 nitrogen and oxygen atoms in total. The number of esters is 1. The van der Waals surface area contributed by atoms with Crippen LogP contribution in [0.15, 0.2) is 24.3 Å². The van der Waals surface area contributed by atoms with Gasteiger partial charge in [0, 0.05) is 5.56 Å². The number of alkyl halides is 1. The first-order chi connectivity index (χ1) is 7.02. The summed E-state index contributed by atoms with van der Waals surface area (Å²) in [6.07, 6.45) is 0.890. The standard InChI is InChI=1S/C12H15FO2/c1-4-9-5-7-10(8-6-9)12(2,13)11(14)15-3/h5-8H,4H2,1-3H3. The number of methoxy groups -OCH3 is 1. The lowest BCUT2D eigenvalue weighted by Gasteiger charge is -2.17. The van der Waals surface area contributed by atoms with Crippen molar-refractivity contribution in [2.75, 3.05) is 7.11 Å². The number of rotatable bonds is 3. The number of carbonyl (C=O) groups excluding carboxylic acids is 1. The highest BCUT2D eigenvalue weighted by Gasteiger charge is 2.36. The summed E-state index contributed by atoms with van der Waals surface area (Å²) >= 11 is 0. The number of carbonyl (C=O) groups is 1. The minimum atomic E-state index is -2.07. The van der Waals surface area contributed by atoms with Crippen LogP contribution in [-0.4, -0.2) is 13.1 Å². The van der Waals surface area contributed by atoms with Crippen LogP contribution in [-0.2, 0) is 21.6 Å². The number of halogens is 1. The van der Waals surface area contributed by atoms with Crippen LogP contribution >= 0.6 is 0 Å². The van der Waals surface area contributed by atoms with Gasteiger partial charge in [0.25, 0.3) is 0 Å². The number of aryl methyl sites for hydroxylation is 1. The third-order valence-corrected chi connectivity index (χ3v) is 2.47. The monoisotopic (exact) mass is 210 g/mol. The maximum absolute atomic E-state index is 14.0. The summed E-state index contributed by atoms with van der Waals surface area (Å²) in [5, 5.41) is 0. The normalized spacial score (nSPS) is 14.4. The fourth-order valence-electron chi connectivity index (χ4n) is 1.36. The quantitative estimate of drug-likeness (QED) is 0.717. The molecule has 0 saturated heterocycles. The van der Waals surface area contributed by atoms with Crippen LogP contribution < -0.4 is 0 Å². The van der Waals surface area contributed by atoms with E-state index in [9.17, 15) is 9.18 Å². The third kappa shape index (κ3) is 2.35. The van der Waals surface area contributed by atoms with E-state index in [1.54, 1.807) is 12.1 Å². The zero-order valence-electron chi connectivity index (χ0n) is 9.21. The van der Waals surface area contributed by atoms with E-state index in [1.165, 1.54) is 14.0 Å². The van der Waals surface area contributed by atoms with E-state index >= 15 is 0 Å². The third-order valence-electron chi connectivity index (χ3n) is 2.47. The molecule has 0 spiro atoms. The molecule has 82 valence electrons. The minimum Gasteiger partial charge on any atom is -0.466 e. The van der Waals surface area contributed by atoms with E-state index in [-0.39, 0.29) is 0 Å². The molecule has 0 fully saturated rings. The van der Waals surface area contributed by atoms with Gasteiger partial charge in [-0.25, -0.2) is 9.18 Å². The van der Waals surface area contributed by atoms with Crippen LogP contribution in [0.3, 0.4) is 0 Å². The molecule has 0 saturated carbocycles. The first-order valence-electron chi connectivity index (χ1n) is 4.89. The van der Waals surface area contributed by atoms with Crippen molar-refractivity contribution >= 4 is 5.97 Å². The van der Waals surface area contributed by atoms with Gasteiger partial charge in [-0.3, -0.25) is 0 Å². The average Bonchev–Trinajstić information content (AvgIpc) is 2.28. The fraction of sp³-hybridized carbons (Fsp3) is 0.417. The van der Waals surface area contributed by atoms with Crippen molar-refractivity contribution in [3.05, 3.63) is 35.4 Å². The molecule has 3 heteroatoms. The van der Waals surface area contributed by atoms with Gasteiger partial charge in [-0.1, -0.05) is 31.2 Å². The summed E-state index contributed by atoms with van der Waals surface area (Å²) in [6.45, 7) is 3.23. The van der Waals surface area contributed by atoms with Gasteiger partial charge in [-0.2, -0.15) is 0 Å². The summed E-state index contributed by atoms with van der Waals surface area (Å²) in [6, 6.07) is 6.87. The largest absolute Gasteiger partial charge is 0.466 e. The number of ether oxygens (including phenoxy) is 1. The maximum Gasteiger partial charge on any atom is 0.348 e. The van der Waals surface area contributed by atoms with E-state index in [4.69, 9.17) is 0 Å². The Morgan fingerprint density at radius 2 is 1.93 bits per heavy atom. The highest BCUT2D eigenvalue weighted by Crippen LogP contribution is 2.27. The van der Waals surface area contributed by atoms with E-state index in [2.05, 4.69) is 4.74 Å². The van der Waals surface area contributed by atoms with Crippen molar-refractivity contribution in [2.24, 2.45) is 0 Å². The summed E-state index contributed by atoms with van der Waals surface area (Å²) < 4.78 is 18.4. The van der Waals surface area contributed by atoms with E-state index in [0.717, 1.165) is 12.0 Å². The lowest BCUT2D eigenvalue weighted by atomic mass is 9.96. The Hall–Kier alpha value is -1.38. The number of benzene rings is 1. The van der Waals surface area contributed by atoms with Crippen molar-refractivity contribution in [1.82, 2.24) is 0 Å². The molecule has 1 atom stereocenters. The summed E-state index contributed by atoms with van der Waals surface area (Å²) in [5.74, 6) is -0.869. The van der Waals surface area contributed by atoms with Gasteiger partial charge >= 0.3 is 5.97 Å². The van der Waals surface area contributed by atoms with Crippen molar-refractivity contribution < 1.29 is 13.9 Å². The topological polar surface area (TPSA) is 26.3 Å². The Morgan fingerprint density at radius 3 is 2.33 bits per heavy atom. The average molecular weight is 210 g/mol. The molecular formula is C12H15FO2. The van der Waals surface area contributed by atoms with Gasteiger partial charge in [-0.05, 0) is 18.9 Å². The second-order valence-corrected chi connectivity index (χ2v) is 3.55. The van der Waals surface area contributed by atoms with E-state index in [0.29, 0.717) is 5.56 Å². The molecule has 0 heterocycles. The molecular weight excluding hydrogens is 195 g/mol. The minimum absolute atomic E-state index is 0.326. The molecule has 0 aromatic heterocycles. The summed E-state index contributed by atoms with van der Waals surface area (Å²) in [4.78, 5) is 11.2. The first kappa shape index (κ1) is 11.7. The van der Waals surface area contributed by atoms with Crippen LogP contribution in [0.2, 0.25) is 0 Å². The second-order valence-electron chi connectivity index (χ2n) is 3.55. The molecule has 0 aliphatic carbocycles. The Morgan fingerprint density at radius 1 is 1.40 bits per heavy atom. The molecule has 1 rings (SSSR count). The zero-order chi connectivity index (χ0) is 11.5. The van der Waals surface area contributed by atoms with Crippen molar-refractivity contribution in [1.29, 1.82) is 0 Å². The molecule has 15 heavy (non-hydrogen) atoms. The lowest BCUT2D eigenvalue weighted by molar-refractivity contribution is -0.154. The van der Waals surface area contributed by atoms with Crippen LogP contribution in [0.4, 0.5) is 4.39 Å². The smallest absolute Gasteiger partial charge is 0.348 e. The molecule has 1 aromatic rings. The highest BCUT2D eigenvalue weighted by molar-refractivity contribution is 5.80. The van der Waals surface area contributed by atoms with Gasteiger partial charge in [0.1, 0.15) is 0 Å². The van der Waals surface area contributed by atoms with Crippen molar-refractivity contribution in [2.45, 2.75) is 25.9 Å².